The molecule has 2 aromatic rings. The number of rotatable bonds is 5. The van der Waals surface area contributed by atoms with Gasteiger partial charge in [0.25, 0.3) is 5.91 Å². The Hall–Kier alpha value is -2.70. The lowest BCUT2D eigenvalue weighted by molar-refractivity contribution is -0.169. The van der Waals surface area contributed by atoms with E-state index in [0.29, 0.717) is 38.2 Å². The smallest absolute Gasteiger partial charge is 0.251 e. The van der Waals surface area contributed by atoms with Crippen LogP contribution in [0, 0.1) is 0 Å². The summed E-state index contributed by atoms with van der Waals surface area (Å²) >= 11 is 0. The highest BCUT2D eigenvalue weighted by atomic mass is 16.7. The summed E-state index contributed by atoms with van der Waals surface area (Å²) in [6, 6.07) is 15.0. The molecule has 0 bridgehead atoms. The number of fused-ring (bicyclic) bond motifs is 1. The molecule has 6 nitrogen and oxygen atoms in total. The Morgan fingerprint density at radius 3 is 2.63 bits per heavy atom. The van der Waals surface area contributed by atoms with E-state index in [4.69, 9.17) is 9.47 Å². The van der Waals surface area contributed by atoms with Gasteiger partial charge in [-0.25, -0.2) is 0 Å². The van der Waals surface area contributed by atoms with Gasteiger partial charge in [0.15, 0.2) is 5.79 Å². The molecule has 2 aliphatic heterocycles. The van der Waals surface area contributed by atoms with Crippen molar-refractivity contribution in [3.05, 3.63) is 65.2 Å². The number of nitrogens with zero attached hydrogens (tertiary/aromatic N) is 1. The second kappa shape index (κ2) is 7.13. The van der Waals surface area contributed by atoms with Crippen LogP contribution in [-0.4, -0.2) is 38.6 Å². The molecule has 2 aliphatic rings. The fourth-order valence-electron chi connectivity index (χ4n) is 3.65. The molecule has 2 aromatic carbocycles. The van der Waals surface area contributed by atoms with Crippen molar-refractivity contribution in [2.24, 2.45) is 0 Å². The van der Waals surface area contributed by atoms with Gasteiger partial charge in [0.05, 0.1) is 19.6 Å². The fraction of sp³-hybridized carbons (Fsp3) is 0.333. The Kier molecular flexibility index (Phi) is 4.68. The van der Waals surface area contributed by atoms with Crippen molar-refractivity contribution in [1.29, 1.82) is 0 Å². The minimum absolute atomic E-state index is 0.0829. The van der Waals surface area contributed by atoms with Gasteiger partial charge in [0.1, 0.15) is 0 Å². The van der Waals surface area contributed by atoms with Crippen LogP contribution in [0.25, 0.3) is 0 Å². The molecule has 6 heteroatoms. The van der Waals surface area contributed by atoms with Crippen molar-refractivity contribution in [1.82, 2.24) is 5.32 Å². The van der Waals surface area contributed by atoms with Crippen molar-refractivity contribution in [3.63, 3.8) is 0 Å². The number of ether oxygens (including phenoxy) is 2. The number of benzene rings is 2. The van der Waals surface area contributed by atoms with Crippen molar-refractivity contribution in [2.45, 2.75) is 18.6 Å². The highest BCUT2D eigenvalue weighted by Gasteiger charge is 2.39. The zero-order valence-electron chi connectivity index (χ0n) is 15.2. The molecule has 1 saturated heterocycles. The molecule has 1 N–H and O–H groups in total. The highest BCUT2D eigenvalue weighted by Crippen LogP contribution is 2.38. The van der Waals surface area contributed by atoms with Crippen molar-refractivity contribution < 1.29 is 19.1 Å². The molecule has 2 heterocycles. The summed E-state index contributed by atoms with van der Waals surface area (Å²) in [5.41, 5.74) is 3.41. The van der Waals surface area contributed by atoms with Gasteiger partial charge in [-0.3, -0.25) is 9.59 Å². The Morgan fingerprint density at radius 1 is 1.15 bits per heavy atom. The molecular weight excluding hydrogens is 344 g/mol. The molecule has 140 valence electrons. The third kappa shape index (κ3) is 3.34. The SMILES string of the molecule is CN1C(=O)Cc2cc(C3(CCNC(=O)c4ccccc4)OCCO3)ccc21. The van der Waals surface area contributed by atoms with E-state index in [1.165, 1.54) is 0 Å². The number of carbonyl (C=O) groups excluding carboxylic acids is 2. The molecule has 0 spiro atoms. The molecule has 27 heavy (non-hydrogen) atoms. The topological polar surface area (TPSA) is 67.9 Å². The number of hydrogen-bond acceptors (Lipinski definition) is 4. The maximum atomic E-state index is 12.2. The first-order chi connectivity index (χ1) is 13.1. The maximum absolute atomic E-state index is 12.2. The van der Waals surface area contributed by atoms with Crippen LogP contribution < -0.4 is 10.2 Å². The van der Waals surface area contributed by atoms with Crippen LogP contribution in [0.2, 0.25) is 0 Å². The monoisotopic (exact) mass is 366 g/mol. The van der Waals surface area contributed by atoms with Gasteiger partial charge in [-0.05, 0) is 29.8 Å². The van der Waals surface area contributed by atoms with Gasteiger partial charge < -0.3 is 19.7 Å². The summed E-state index contributed by atoms with van der Waals surface area (Å²) in [4.78, 5) is 25.9. The lowest BCUT2D eigenvalue weighted by Gasteiger charge is -2.28. The number of nitrogens with one attached hydrogen (secondary N) is 1. The Morgan fingerprint density at radius 2 is 1.89 bits per heavy atom. The molecule has 0 radical (unpaired) electrons. The van der Waals surface area contributed by atoms with Crippen molar-refractivity contribution in [3.8, 4) is 0 Å². The molecule has 2 amide bonds. The first-order valence-electron chi connectivity index (χ1n) is 9.10. The summed E-state index contributed by atoms with van der Waals surface area (Å²) in [7, 11) is 1.78. The summed E-state index contributed by atoms with van der Waals surface area (Å²) in [6.07, 6.45) is 0.884. The van der Waals surface area contributed by atoms with Crippen LogP contribution in [0.3, 0.4) is 0 Å². The number of hydrogen-bond donors (Lipinski definition) is 1. The van der Waals surface area contributed by atoms with Crippen LogP contribution >= 0.6 is 0 Å². The molecule has 1 fully saturated rings. The van der Waals surface area contributed by atoms with Crippen LogP contribution in [0.15, 0.2) is 48.5 Å². The van der Waals surface area contributed by atoms with Gasteiger partial charge in [-0.15, -0.1) is 0 Å². The zero-order valence-corrected chi connectivity index (χ0v) is 15.2. The van der Waals surface area contributed by atoms with Crippen LogP contribution in [0.1, 0.15) is 27.9 Å². The van der Waals surface area contributed by atoms with Crippen LogP contribution in [0.4, 0.5) is 5.69 Å². The van der Waals surface area contributed by atoms with Crippen LogP contribution in [-0.2, 0) is 26.5 Å². The van der Waals surface area contributed by atoms with E-state index in [-0.39, 0.29) is 11.8 Å². The summed E-state index contributed by atoms with van der Waals surface area (Å²) in [6.45, 7) is 1.43. The van der Waals surface area contributed by atoms with Crippen LogP contribution in [0.5, 0.6) is 0 Å². The molecular formula is C21H22N2O4. The van der Waals surface area contributed by atoms with Gasteiger partial charge in [0, 0.05) is 36.8 Å². The van der Waals surface area contributed by atoms with Gasteiger partial charge in [-0.2, -0.15) is 0 Å². The van der Waals surface area contributed by atoms with E-state index < -0.39 is 5.79 Å². The Bertz CT molecular complexity index is 860. The fourth-order valence-corrected chi connectivity index (χ4v) is 3.65. The second-order valence-corrected chi connectivity index (χ2v) is 6.79. The minimum atomic E-state index is -0.886. The van der Waals surface area contributed by atoms with Crippen molar-refractivity contribution in [2.75, 3.05) is 31.7 Å². The third-order valence-electron chi connectivity index (χ3n) is 5.13. The van der Waals surface area contributed by atoms with Gasteiger partial charge in [-0.1, -0.05) is 24.3 Å². The Balaban J connectivity index is 1.48. The van der Waals surface area contributed by atoms with Crippen molar-refractivity contribution >= 4 is 17.5 Å². The molecule has 0 unspecified atom stereocenters. The van der Waals surface area contributed by atoms with E-state index in [1.54, 1.807) is 24.1 Å². The summed E-state index contributed by atoms with van der Waals surface area (Å²) < 4.78 is 11.9. The number of likely N-dealkylation sites (N-methyl/N-ethyl adjacent to an activating group) is 1. The normalized spacial score (nSPS) is 17.8. The minimum Gasteiger partial charge on any atom is -0.352 e. The number of amides is 2. The predicted octanol–water partition coefficient (Wildman–Crippen LogP) is 2.23. The van der Waals surface area contributed by atoms with E-state index in [9.17, 15) is 9.59 Å². The largest absolute Gasteiger partial charge is 0.352 e. The Labute approximate surface area is 158 Å². The summed E-state index contributed by atoms with van der Waals surface area (Å²) in [5, 5.41) is 2.93. The maximum Gasteiger partial charge on any atom is 0.251 e. The molecule has 0 aliphatic carbocycles. The number of anilines is 1. The molecule has 0 saturated carbocycles. The van der Waals surface area contributed by atoms with Gasteiger partial charge in [0.2, 0.25) is 5.91 Å². The van der Waals surface area contributed by atoms with Gasteiger partial charge >= 0.3 is 0 Å². The quantitative estimate of drug-likeness (QED) is 0.881. The van der Waals surface area contributed by atoms with E-state index in [1.807, 2.05) is 36.4 Å². The highest BCUT2D eigenvalue weighted by molar-refractivity contribution is 6.01. The predicted molar refractivity (Wildman–Crippen MR) is 101 cm³/mol. The number of carbonyl (C=O) groups is 2. The third-order valence-corrected chi connectivity index (χ3v) is 5.13. The molecule has 0 aromatic heterocycles. The lowest BCUT2D eigenvalue weighted by Crippen LogP contribution is -2.34. The van der Waals surface area contributed by atoms with E-state index in [0.717, 1.165) is 16.8 Å². The average Bonchev–Trinajstić information content (AvgIpc) is 3.28. The lowest BCUT2D eigenvalue weighted by atomic mass is 9.98. The first-order valence-corrected chi connectivity index (χ1v) is 9.10. The average molecular weight is 366 g/mol. The second-order valence-electron chi connectivity index (χ2n) is 6.79. The van der Waals surface area contributed by atoms with E-state index >= 15 is 0 Å². The first kappa shape index (κ1) is 17.7. The zero-order chi connectivity index (χ0) is 18.9. The summed E-state index contributed by atoms with van der Waals surface area (Å²) in [5.74, 6) is -0.923. The molecule has 4 rings (SSSR count). The standard InChI is InChI=1S/C21H22N2O4/c1-23-18-8-7-17(13-16(18)14-19(23)24)21(26-11-12-27-21)9-10-22-20(25)15-5-3-2-4-6-15/h2-8,13H,9-12,14H2,1H3,(H,22,25). The molecule has 0 atom stereocenters. The van der Waals surface area contributed by atoms with E-state index in [2.05, 4.69) is 5.32 Å².